The van der Waals surface area contributed by atoms with Crippen LogP contribution in [0.5, 0.6) is 0 Å². The molecule has 0 amide bonds. The van der Waals surface area contributed by atoms with Gasteiger partial charge < -0.3 is 20.1 Å². The normalized spacial score (nSPS) is 11.7. The van der Waals surface area contributed by atoms with Crippen molar-refractivity contribution in [2.45, 2.75) is 233 Å². The molecule has 0 heterocycles. The Balaban J connectivity index is 4.25. The van der Waals surface area contributed by atoms with E-state index in [-0.39, 0.29) is 24.1 Å². The van der Waals surface area contributed by atoms with Crippen molar-refractivity contribution in [2.24, 2.45) is 5.73 Å². The van der Waals surface area contributed by atoms with E-state index in [0.717, 1.165) is 84.0 Å². The van der Waals surface area contributed by atoms with E-state index in [1.165, 1.54) is 122 Å². The molecule has 0 spiro atoms. The third-order valence-electron chi connectivity index (χ3n) is 9.91. The van der Waals surface area contributed by atoms with Crippen molar-refractivity contribution >= 4 is 11.9 Å². The first-order valence-corrected chi connectivity index (χ1v) is 21.3. The van der Waals surface area contributed by atoms with Crippen molar-refractivity contribution in [1.29, 1.82) is 0 Å². The van der Waals surface area contributed by atoms with E-state index in [2.05, 4.69) is 32.6 Å². The monoisotopic (exact) mass is 681 g/mol. The number of unbranched alkanes of at least 4 members (excludes halogenated alkanes) is 19. The van der Waals surface area contributed by atoms with Crippen LogP contribution in [0.25, 0.3) is 0 Å². The lowest BCUT2D eigenvalue weighted by molar-refractivity contribution is -0.150. The molecule has 0 aromatic rings. The van der Waals surface area contributed by atoms with E-state index in [1.807, 2.05) is 0 Å². The Labute approximate surface area is 299 Å². The van der Waals surface area contributed by atoms with Crippen LogP contribution in [0.15, 0.2) is 0 Å². The van der Waals surface area contributed by atoms with E-state index < -0.39 is 0 Å². The van der Waals surface area contributed by atoms with E-state index in [1.54, 1.807) is 0 Å². The van der Waals surface area contributed by atoms with Crippen molar-refractivity contribution in [3.63, 3.8) is 0 Å². The van der Waals surface area contributed by atoms with Crippen LogP contribution >= 0.6 is 0 Å². The molecule has 0 fully saturated rings. The number of hydrogen-bond acceptors (Lipinski definition) is 6. The molecule has 0 aliphatic carbocycles. The molecular formula is C42H84N2O4. The van der Waals surface area contributed by atoms with E-state index in [9.17, 15) is 9.59 Å². The van der Waals surface area contributed by atoms with Crippen LogP contribution < -0.4 is 5.73 Å². The molecule has 0 bridgehead atoms. The summed E-state index contributed by atoms with van der Waals surface area (Å²) in [6.07, 6.45) is 34.6. The standard InChI is InChI=1S/C42H84N2O4/c1-5-9-11-13-16-20-24-31-40(32-25-21-17-14-12-10-6-2)48-42(46)34-27-29-37-44(38-30-35-43)36-28-23-19-15-18-22-26-33-41(45)47-39(7-3)8-4/h39-40H,5-38,43H2,1-4H3. The molecule has 2 N–H and O–H groups in total. The molecule has 6 nitrogen and oxygen atoms in total. The van der Waals surface area contributed by atoms with Gasteiger partial charge in [0, 0.05) is 12.8 Å². The van der Waals surface area contributed by atoms with Crippen molar-refractivity contribution in [3.05, 3.63) is 0 Å². The maximum absolute atomic E-state index is 12.8. The van der Waals surface area contributed by atoms with Gasteiger partial charge in [-0.2, -0.15) is 0 Å². The first-order chi connectivity index (χ1) is 23.5. The summed E-state index contributed by atoms with van der Waals surface area (Å²) in [7, 11) is 0. The van der Waals surface area contributed by atoms with Crippen LogP contribution in [0.4, 0.5) is 0 Å². The van der Waals surface area contributed by atoms with Crippen molar-refractivity contribution in [2.75, 3.05) is 26.2 Å². The SMILES string of the molecule is CCCCCCCCCC(CCCCCCCCC)OC(=O)CCCCN(CCCN)CCCCCCCCCC(=O)OC(CC)CC. The van der Waals surface area contributed by atoms with Gasteiger partial charge in [0.2, 0.25) is 0 Å². The lowest BCUT2D eigenvalue weighted by atomic mass is 10.0. The molecule has 0 aliphatic heterocycles. The number of rotatable bonds is 38. The lowest BCUT2D eigenvalue weighted by Crippen LogP contribution is -2.28. The van der Waals surface area contributed by atoms with E-state index >= 15 is 0 Å². The Morgan fingerprint density at radius 3 is 1.27 bits per heavy atom. The minimum atomic E-state index is -0.0278. The zero-order valence-electron chi connectivity index (χ0n) is 32.9. The number of nitrogens with two attached hydrogens (primary N) is 1. The second kappa shape index (κ2) is 37.1. The summed E-state index contributed by atoms with van der Waals surface area (Å²) in [6.45, 7) is 12.6. The van der Waals surface area contributed by atoms with Gasteiger partial charge in [-0.15, -0.1) is 0 Å². The molecule has 286 valence electrons. The third-order valence-corrected chi connectivity index (χ3v) is 9.91. The minimum Gasteiger partial charge on any atom is -0.462 e. The topological polar surface area (TPSA) is 81.9 Å². The number of carbonyl (C=O) groups is 2. The van der Waals surface area contributed by atoms with Gasteiger partial charge in [-0.1, -0.05) is 137 Å². The smallest absolute Gasteiger partial charge is 0.306 e. The Morgan fingerprint density at radius 1 is 0.458 bits per heavy atom. The first kappa shape index (κ1) is 46.9. The molecule has 0 saturated carbocycles. The highest BCUT2D eigenvalue weighted by Crippen LogP contribution is 2.19. The number of ether oxygens (including phenoxy) is 2. The van der Waals surface area contributed by atoms with Crippen molar-refractivity contribution in [1.82, 2.24) is 4.90 Å². The first-order valence-electron chi connectivity index (χ1n) is 21.3. The summed E-state index contributed by atoms with van der Waals surface area (Å²) in [5, 5.41) is 0. The second-order valence-corrected chi connectivity index (χ2v) is 14.5. The number of nitrogens with zero attached hydrogens (tertiary/aromatic N) is 1. The summed E-state index contributed by atoms with van der Waals surface area (Å²) in [5.74, 6) is -0.0117. The molecular weight excluding hydrogens is 596 g/mol. The van der Waals surface area contributed by atoms with E-state index in [0.29, 0.717) is 12.8 Å². The number of esters is 2. The fraction of sp³-hybridized carbons (Fsp3) is 0.952. The molecule has 6 heteroatoms. The summed E-state index contributed by atoms with van der Waals surface area (Å²) in [5.41, 5.74) is 5.83. The van der Waals surface area contributed by atoms with Crippen LogP contribution in [0.1, 0.15) is 220 Å². The fourth-order valence-electron chi connectivity index (χ4n) is 6.61. The molecule has 0 radical (unpaired) electrons. The summed E-state index contributed by atoms with van der Waals surface area (Å²) < 4.78 is 11.6. The van der Waals surface area contributed by atoms with Crippen LogP contribution in [-0.4, -0.2) is 55.2 Å². The van der Waals surface area contributed by atoms with Gasteiger partial charge >= 0.3 is 11.9 Å². The van der Waals surface area contributed by atoms with E-state index in [4.69, 9.17) is 15.2 Å². The number of carbonyl (C=O) groups excluding carboxylic acids is 2. The molecule has 0 aromatic heterocycles. The zero-order valence-corrected chi connectivity index (χ0v) is 32.9. The summed E-state index contributed by atoms with van der Waals surface area (Å²) in [6, 6.07) is 0. The highest BCUT2D eigenvalue weighted by atomic mass is 16.5. The van der Waals surface area contributed by atoms with Crippen molar-refractivity contribution < 1.29 is 19.1 Å². The Bertz CT molecular complexity index is 667. The summed E-state index contributed by atoms with van der Waals surface area (Å²) >= 11 is 0. The van der Waals surface area contributed by atoms with Gasteiger partial charge in [0.15, 0.2) is 0 Å². The van der Waals surface area contributed by atoms with Crippen LogP contribution in [0.2, 0.25) is 0 Å². The van der Waals surface area contributed by atoms with Crippen LogP contribution in [-0.2, 0) is 19.1 Å². The Hall–Kier alpha value is -1.14. The molecule has 48 heavy (non-hydrogen) atoms. The minimum absolute atomic E-state index is 0.0161. The van der Waals surface area contributed by atoms with Crippen LogP contribution in [0.3, 0.4) is 0 Å². The molecule has 0 unspecified atom stereocenters. The van der Waals surface area contributed by atoms with Gasteiger partial charge in [-0.25, -0.2) is 0 Å². The predicted molar refractivity (Wildman–Crippen MR) is 206 cm³/mol. The van der Waals surface area contributed by atoms with Gasteiger partial charge in [0.25, 0.3) is 0 Å². The Kier molecular flexibility index (Phi) is 36.2. The molecule has 0 aromatic carbocycles. The van der Waals surface area contributed by atoms with Gasteiger partial charge in [0.05, 0.1) is 0 Å². The average Bonchev–Trinajstić information content (AvgIpc) is 3.09. The molecule has 0 saturated heterocycles. The molecule has 0 rings (SSSR count). The maximum atomic E-state index is 12.8. The maximum Gasteiger partial charge on any atom is 0.306 e. The van der Waals surface area contributed by atoms with Crippen molar-refractivity contribution in [3.8, 4) is 0 Å². The number of hydrogen-bond donors (Lipinski definition) is 1. The Morgan fingerprint density at radius 2 is 0.812 bits per heavy atom. The van der Waals surface area contributed by atoms with Gasteiger partial charge in [-0.3, -0.25) is 9.59 Å². The fourth-order valence-corrected chi connectivity index (χ4v) is 6.61. The summed E-state index contributed by atoms with van der Waals surface area (Å²) in [4.78, 5) is 27.3. The average molecular weight is 681 g/mol. The quantitative estimate of drug-likeness (QED) is 0.0516. The third kappa shape index (κ3) is 32.1. The van der Waals surface area contributed by atoms with Gasteiger partial charge in [-0.05, 0) is 96.8 Å². The van der Waals surface area contributed by atoms with Gasteiger partial charge in [0.1, 0.15) is 12.2 Å². The zero-order chi connectivity index (χ0) is 35.3. The lowest BCUT2D eigenvalue weighted by Gasteiger charge is -2.22. The molecule has 0 atom stereocenters. The predicted octanol–water partition coefficient (Wildman–Crippen LogP) is 11.9. The largest absolute Gasteiger partial charge is 0.462 e. The highest BCUT2D eigenvalue weighted by Gasteiger charge is 2.15. The van der Waals surface area contributed by atoms with Crippen LogP contribution in [0, 0.1) is 0 Å². The second-order valence-electron chi connectivity index (χ2n) is 14.5. The molecule has 0 aliphatic rings. The highest BCUT2D eigenvalue weighted by molar-refractivity contribution is 5.69.